The van der Waals surface area contributed by atoms with Crippen LogP contribution in [0, 0.1) is 19.8 Å². The zero-order valence-corrected chi connectivity index (χ0v) is 8.71. The number of hydrogen-bond donors (Lipinski definition) is 1. The van der Waals surface area contributed by atoms with Gasteiger partial charge in [-0.2, -0.15) is 0 Å². The molecule has 0 bridgehead atoms. The van der Waals surface area contributed by atoms with Gasteiger partial charge in [0.25, 0.3) is 0 Å². The number of ether oxygens (including phenoxy) is 1. The van der Waals surface area contributed by atoms with E-state index in [9.17, 15) is 5.11 Å². The highest BCUT2D eigenvalue weighted by Crippen LogP contribution is 2.35. The van der Waals surface area contributed by atoms with E-state index in [0.717, 1.165) is 17.7 Å². The summed E-state index contributed by atoms with van der Waals surface area (Å²) in [4.78, 5) is 0. The molecule has 2 rings (SSSR count). The van der Waals surface area contributed by atoms with Crippen molar-refractivity contribution in [1.82, 2.24) is 0 Å². The average molecular weight is 192 g/mol. The molecule has 0 radical (unpaired) electrons. The largest absolute Gasteiger partial charge is 0.504 e. The van der Waals surface area contributed by atoms with Gasteiger partial charge in [0, 0.05) is 0 Å². The van der Waals surface area contributed by atoms with E-state index in [1.165, 1.54) is 12.8 Å². The summed E-state index contributed by atoms with van der Waals surface area (Å²) in [7, 11) is 0. The van der Waals surface area contributed by atoms with Crippen molar-refractivity contribution in [2.45, 2.75) is 26.7 Å². The Morgan fingerprint density at radius 2 is 2.07 bits per heavy atom. The van der Waals surface area contributed by atoms with Crippen molar-refractivity contribution in [3.05, 3.63) is 23.3 Å². The molecule has 0 aromatic heterocycles. The van der Waals surface area contributed by atoms with Gasteiger partial charge in [-0.25, -0.2) is 0 Å². The second-order valence-electron chi connectivity index (χ2n) is 4.11. The van der Waals surface area contributed by atoms with Gasteiger partial charge in [-0.1, -0.05) is 6.07 Å². The van der Waals surface area contributed by atoms with Crippen LogP contribution in [0.2, 0.25) is 0 Å². The summed E-state index contributed by atoms with van der Waals surface area (Å²) in [6.07, 6.45) is 2.54. The molecule has 76 valence electrons. The molecule has 2 heteroatoms. The van der Waals surface area contributed by atoms with Gasteiger partial charge in [0.15, 0.2) is 11.5 Å². The molecule has 0 aliphatic heterocycles. The molecule has 1 aliphatic rings. The smallest absolute Gasteiger partial charge is 0.164 e. The lowest BCUT2D eigenvalue weighted by Crippen LogP contribution is -2.01. The Hall–Kier alpha value is -1.18. The third kappa shape index (κ3) is 1.84. The fraction of sp³-hybridized carbons (Fsp3) is 0.500. The number of rotatable bonds is 3. The van der Waals surface area contributed by atoms with Crippen molar-refractivity contribution in [2.24, 2.45) is 5.92 Å². The maximum atomic E-state index is 9.62. The number of phenolic OH excluding ortho intramolecular Hbond substituents is 1. The summed E-state index contributed by atoms with van der Waals surface area (Å²) < 4.78 is 5.62. The first kappa shape index (κ1) is 9.38. The van der Waals surface area contributed by atoms with E-state index in [0.29, 0.717) is 11.7 Å². The van der Waals surface area contributed by atoms with Gasteiger partial charge in [0.2, 0.25) is 0 Å². The monoisotopic (exact) mass is 192 g/mol. The SMILES string of the molecule is Cc1ccc(O)c(OCC2CC2)c1C. The van der Waals surface area contributed by atoms with Gasteiger partial charge < -0.3 is 9.84 Å². The first-order chi connectivity index (χ1) is 6.68. The molecule has 1 aliphatic carbocycles. The van der Waals surface area contributed by atoms with Crippen molar-refractivity contribution in [3.8, 4) is 11.5 Å². The molecule has 1 aromatic rings. The maximum absolute atomic E-state index is 9.62. The highest BCUT2D eigenvalue weighted by atomic mass is 16.5. The summed E-state index contributed by atoms with van der Waals surface area (Å²) in [5, 5.41) is 9.62. The minimum Gasteiger partial charge on any atom is -0.504 e. The van der Waals surface area contributed by atoms with Gasteiger partial charge in [-0.05, 0) is 49.8 Å². The Labute approximate surface area is 84.5 Å². The van der Waals surface area contributed by atoms with Crippen molar-refractivity contribution in [1.29, 1.82) is 0 Å². The van der Waals surface area contributed by atoms with E-state index in [-0.39, 0.29) is 5.75 Å². The first-order valence-corrected chi connectivity index (χ1v) is 5.10. The third-order valence-electron chi connectivity index (χ3n) is 2.82. The number of aromatic hydroxyl groups is 1. The lowest BCUT2D eigenvalue weighted by atomic mass is 10.1. The topological polar surface area (TPSA) is 29.5 Å². The molecule has 14 heavy (non-hydrogen) atoms. The van der Waals surface area contributed by atoms with Crippen molar-refractivity contribution >= 4 is 0 Å². The Morgan fingerprint density at radius 3 is 2.71 bits per heavy atom. The van der Waals surface area contributed by atoms with Crippen LogP contribution in [-0.2, 0) is 0 Å². The lowest BCUT2D eigenvalue weighted by molar-refractivity contribution is 0.282. The van der Waals surface area contributed by atoms with Crippen LogP contribution < -0.4 is 4.74 Å². The molecule has 0 atom stereocenters. The van der Waals surface area contributed by atoms with E-state index < -0.39 is 0 Å². The minimum absolute atomic E-state index is 0.258. The standard InChI is InChI=1S/C12H16O2/c1-8-3-6-11(13)12(9(8)2)14-7-10-4-5-10/h3,6,10,13H,4-5,7H2,1-2H3. The second-order valence-corrected chi connectivity index (χ2v) is 4.11. The molecule has 0 saturated heterocycles. The molecular formula is C12H16O2. The van der Waals surface area contributed by atoms with Gasteiger partial charge in [-0.3, -0.25) is 0 Å². The predicted octanol–water partition coefficient (Wildman–Crippen LogP) is 2.80. The van der Waals surface area contributed by atoms with Crippen LogP contribution in [0.25, 0.3) is 0 Å². The quantitative estimate of drug-likeness (QED) is 0.798. The van der Waals surface area contributed by atoms with Crippen LogP contribution in [0.1, 0.15) is 24.0 Å². The summed E-state index contributed by atoms with van der Waals surface area (Å²) in [6.45, 7) is 4.76. The van der Waals surface area contributed by atoms with Crippen molar-refractivity contribution in [2.75, 3.05) is 6.61 Å². The molecule has 1 saturated carbocycles. The molecule has 1 fully saturated rings. The van der Waals surface area contributed by atoms with E-state index in [1.54, 1.807) is 6.07 Å². The normalized spacial score (nSPS) is 15.6. The molecular weight excluding hydrogens is 176 g/mol. The van der Waals surface area contributed by atoms with E-state index in [4.69, 9.17) is 4.74 Å². The highest BCUT2D eigenvalue weighted by Gasteiger charge is 2.22. The average Bonchev–Trinajstić information content (AvgIpc) is 2.95. The molecule has 1 N–H and O–H groups in total. The molecule has 0 unspecified atom stereocenters. The van der Waals surface area contributed by atoms with E-state index >= 15 is 0 Å². The Bertz CT molecular complexity index is 340. The minimum atomic E-state index is 0.258. The van der Waals surface area contributed by atoms with Crippen molar-refractivity contribution < 1.29 is 9.84 Å². The van der Waals surface area contributed by atoms with Crippen LogP contribution in [-0.4, -0.2) is 11.7 Å². The van der Waals surface area contributed by atoms with Crippen LogP contribution in [0.3, 0.4) is 0 Å². The fourth-order valence-electron chi connectivity index (χ4n) is 1.44. The zero-order chi connectivity index (χ0) is 10.1. The van der Waals surface area contributed by atoms with Crippen LogP contribution in [0.5, 0.6) is 11.5 Å². The van der Waals surface area contributed by atoms with Gasteiger partial charge in [0.1, 0.15) is 0 Å². The predicted molar refractivity (Wildman–Crippen MR) is 55.8 cm³/mol. The second kappa shape index (κ2) is 3.52. The van der Waals surface area contributed by atoms with Crippen LogP contribution in [0.15, 0.2) is 12.1 Å². The highest BCUT2D eigenvalue weighted by molar-refractivity contribution is 5.48. The Balaban J connectivity index is 2.16. The fourth-order valence-corrected chi connectivity index (χ4v) is 1.44. The summed E-state index contributed by atoms with van der Waals surface area (Å²) >= 11 is 0. The summed E-state index contributed by atoms with van der Waals surface area (Å²) in [5.41, 5.74) is 2.21. The number of aryl methyl sites for hydroxylation is 1. The number of benzene rings is 1. The molecule has 0 heterocycles. The first-order valence-electron chi connectivity index (χ1n) is 5.10. The van der Waals surface area contributed by atoms with Crippen LogP contribution in [0.4, 0.5) is 0 Å². The third-order valence-corrected chi connectivity index (χ3v) is 2.82. The van der Waals surface area contributed by atoms with Crippen molar-refractivity contribution in [3.63, 3.8) is 0 Å². The molecule has 0 amide bonds. The molecule has 1 aromatic carbocycles. The van der Waals surface area contributed by atoms with Gasteiger partial charge in [-0.15, -0.1) is 0 Å². The molecule has 0 spiro atoms. The number of hydrogen-bond acceptors (Lipinski definition) is 2. The lowest BCUT2D eigenvalue weighted by Gasteiger charge is -2.12. The van der Waals surface area contributed by atoms with Crippen LogP contribution >= 0.6 is 0 Å². The van der Waals surface area contributed by atoms with E-state index in [2.05, 4.69) is 0 Å². The van der Waals surface area contributed by atoms with Gasteiger partial charge in [0.05, 0.1) is 6.61 Å². The zero-order valence-electron chi connectivity index (χ0n) is 8.71. The Morgan fingerprint density at radius 1 is 1.36 bits per heavy atom. The maximum Gasteiger partial charge on any atom is 0.164 e. The summed E-state index contributed by atoms with van der Waals surface area (Å²) in [5.74, 6) is 1.64. The van der Waals surface area contributed by atoms with Gasteiger partial charge >= 0.3 is 0 Å². The number of phenols is 1. The summed E-state index contributed by atoms with van der Waals surface area (Å²) in [6, 6.07) is 3.61. The van der Waals surface area contributed by atoms with E-state index in [1.807, 2.05) is 19.9 Å². The molecule has 2 nitrogen and oxygen atoms in total. The Kier molecular flexibility index (Phi) is 2.36.